The summed E-state index contributed by atoms with van der Waals surface area (Å²) < 4.78 is 0. The van der Waals surface area contributed by atoms with E-state index in [9.17, 15) is 0 Å². The zero-order valence-corrected chi connectivity index (χ0v) is 6.11. The quantitative estimate of drug-likeness (QED) is 0.412. The Morgan fingerprint density at radius 3 is 2.78 bits per heavy atom. The lowest BCUT2D eigenvalue weighted by atomic mass is 10.2. The molecule has 0 fully saturated rings. The van der Waals surface area contributed by atoms with Crippen LogP contribution >= 0.6 is 0 Å². The topological polar surface area (TPSA) is 35.9 Å². The molecule has 0 aromatic carbocycles. The fourth-order valence-corrected chi connectivity index (χ4v) is 0.674. The SMILES string of the molecule is CCCCCNCC=N. The van der Waals surface area contributed by atoms with Crippen LogP contribution in [0.3, 0.4) is 0 Å². The fourth-order valence-electron chi connectivity index (χ4n) is 0.674. The van der Waals surface area contributed by atoms with Gasteiger partial charge in [-0.25, -0.2) is 0 Å². The number of hydrogen-bond acceptors (Lipinski definition) is 2. The van der Waals surface area contributed by atoms with Gasteiger partial charge in [0.15, 0.2) is 0 Å². The zero-order valence-electron chi connectivity index (χ0n) is 6.11. The number of unbranched alkanes of at least 4 members (excludes halogenated alkanes) is 2. The summed E-state index contributed by atoms with van der Waals surface area (Å²) in [6.07, 6.45) is 5.20. The predicted molar refractivity (Wildman–Crippen MR) is 41.2 cm³/mol. The third-order valence-corrected chi connectivity index (χ3v) is 1.20. The second-order valence-electron chi connectivity index (χ2n) is 2.12. The van der Waals surface area contributed by atoms with Gasteiger partial charge in [-0.1, -0.05) is 19.8 Å². The normalized spacial score (nSPS) is 9.44. The third-order valence-electron chi connectivity index (χ3n) is 1.20. The van der Waals surface area contributed by atoms with Crippen molar-refractivity contribution in [1.29, 1.82) is 5.41 Å². The molecule has 0 saturated heterocycles. The minimum Gasteiger partial charge on any atom is -0.312 e. The summed E-state index contributed by atoms with van der Waals surface area (Å²) in [7, 11) is 0. The Kier molecular flexibility index (Phi) is 7.32. The van der Waals surface area contributed by atoms with Crippen LogP contribution in [0.4, 0.5) is 0 Å². The van der Waals surface area contributed by atoms with Crippen molar-refractivity contribution in [1.82, 2.24) is 5.32 Å². The van der Waals surface area contributed by atoms with Gasteiger partial charge in [-0.2, -0.15) is 0 Å². The van der Waals surface area contributed by atoms with Gasteiger partial charge in [0.1, 0.15) is 0 Å². The van der Waals surface area contributed by atoms with E-state index >= 15 is 0 Å². The molecule has 54 valence electrons. The van der Waals surface area contributed by atoms with E-state index in [4.69, 9.17) is 5.41 Å². The summed E-state index contributed by atoms with van der Waals surface area (Å²) >= 11 is 0. The van der Waals surface area contributed by atoms with E-state index < -0.39 is 0 Å². The highest BCUT2D eigenvalue weighted by Crippen LogP contribution is 1.89. The first kappa shape index (κ1) is 8.63. The van der Waals surface area contributed by atoms with Crippen LogP contribution in [0.2, 0.25) is 0 Å². The summed E-state index contributed by atoms with van der Waals surface area (Å²) in [6, 6.07) is 0. The predicted octanol–water partition coefficient (Wildman–Crippen LogP) is 1.42. The van der Waals surface area contributed by atoms with Gasteiger partial charge in [0.2, 0.25) is 0 Å². The van der Waals surface area contributed by atoms with Gasteiger partial charge in [0, 0.05) is 12.8 Å². The monoisotopic (exact) mass is 128 g/mol. The van der Waals surface area contributed by atoms with Gasteiger partial charge in [-0.05, 0) is 13.0 Å². The largest absolute Gasteiger partial charge is 0.312 e. The summed E-state index contributed by atoms with van der Waals surface area (Å²) in [4.78, 5) is 0. The maximum absolute atomic E-state index is 6.70. The van der Waals surface area contributed by atoms with Crippen molar-refractivity contribution in [3.8, 4) is 0 Å². The van der Waals surface area contributed by atoms with Crippen LogP contribution < -0.4 is 5.32 Å². The zero-order chi connectivity index (χ0) is 6.95. The van der Waals surface area contributed by atoms with Crippen molar-refractivity contribution >= 4 is 6.21 Å². The van der Waals surface area contributed by atoms with Gasteiger partial charge >= 0.3 is 0 Å². The molecule has 0 unspecified atom stereocenters. The third kappa shape index (κ3) is 7.63. The van der Waals surface area contributed by atoms with Gasteiger partial charge in [-0.3, -0.25) is 0 Å². The van der Waals surface area contributed by atoms with Crippen LogP contribution in [0.25, 0.3) is 0 Å². The van der Waals surface area contributed by atoms with Crippen molar-refractivity contribution in [3.05, 3.63) is 0 Å². The Balaban J connectivity index is 2.66. The Labute approximate surface area is 57.2 Å². The van der Waals surface area contributed by atoms with Gasteiger partial charge in [-0.15, -0.1) is 0 Å². The van der Waals surface area contributed by atoms with E-state index in [1.165, 1.54) is 25.5 Å². The molecule has 0 aromatic heterocycles. The standard InChI is InChI=1S/C7H16N2/c1-2-3-4-6-9-7-5-8/h5,8-9H,2-4,6-7H2,1H3. The maximum Gasteiger partial charge on any atom is 0.0302 e. The minimum atomic E-state index is 0.726. The molecular formula is C7H16N2. The molecule has 0 aliphatic carbocycles. The number of nitrogens with one attached hydrogen (secondary N) is 2. The molecule has 0 aromatic rings. The van der Waals surface area contributed by atoms with E-state index in [2.05, 4.69) is 12.2 Å². The molecule has 0 radical (unpaired) electrons. The Bertz CT molecular complexity index is 61.9. The van der Waals surface area contributed by atoms with Crippen molar-refractivity contribution in [2.75, 3.05) is 13.1 Å². The number of hydrogen-bond donors (Lipinski definition) is 2. The van der Waals surface area contributed by atoms with Gasteiger partial charge in [0.05, 0.1) is 0 Å². The maximum atomic E-state index is 6.70. The first-order valence-electron chi connectivity index (χ1n) is 3.61. The molecule has 0 atom stereocenters. The highest BCUT2D eigenvalue weighted by atomic mass is 14.8. The molecule has 0 aliphatic heterocycles. The first-order chi connectivity index (χ1) is 4.41. The molecule has 2 N–H and O–H groups in total. The van der Waals surface area contributed by atoms with Crippen molar-refractivity contribution in [2.24, 2.45) is 0 Å². The molecule has 9 heavy (non-hydrogen) atoms. The molecule has 0 bridgehead atoms. The molecule has 0 spiro atoms. The van der Waals surface area contributed by atoms with Gasteiger partial charge < -0.3 is 10.7 Å². The van der Waals surface area contributed by atoms with Crippen LogP contribution in [0.5, 0.6) is 0 Å². The summed E-state index contributed by atoms with van der Waals surface area (Å²) in [5.74, 6) is 0. The van der Waals surface area contributed by atoms with Crippen LogP contribution in [-0.2, 0) is 0 Å². The fraction of sp³-hybridized carbons (Fsp3) is 0.857. The molecule has 0 aliphatic rings. The van der Waals surface area contributed by atoms with Crippen LogP contribution in [0.1, 0.15) is 26.2 Å². The van der Waals surface area contributed by atoms with E-state index in [0.29, 0.717) is 0 Å². The van der Waals surface area contributed by atoms with Crippen molar-refractivity contribution in [2.45, 2.75) is 26.2 Å². The average molecular weight is 128 g/mol. The van der Waals surface area contributed by atoms with Crippen LogP contribution in [-0.4, -0.2) is 19.3 Å². The van der Waals surface area contributed by atoms with Crippen LogP contribution in [0.15, 0.2) is 0 Å². The molecule has 2 nitrogen and oxygen atoms in total. The smallest absolute Gasteiger partial charge is 0.0302 e. The molecule has 0 amide bonds. The molecule has 0 rings (SSSR count). The Morgan fingerprint density at radius 2 is 2.22 bits per heavy atom. The average Bonchev–Trinajstić information content (AvgIpc) is 1.89. The highest BCUT2D eigenvalue weighted by molar-refractivity contribution is 5.55. The first-order valence-corrected chi connectivity index (χ1v) is 3.61. The highest BCUT2D eigenvalue weighted by Gasteiger charge is 1.82. The lowest BCUT2D eigenvalue weighted by molar-refractivity contribution is 0.654. The Morgan fingerprint density at radius 1 is 1.44 bits per heavy atom. The lowest BCUT2D eigenvalue weighted by Gasteiger charge is -1.97. The lowest BCUT2D eigenvalue weighted by Crippen LogP contribution is -2.16. The van der Waals surface area contributed by atoms with Crippen molar-refractivity contribution in [3.63, 3.8) is 0 Å². The summed E-state index contributed by atoms with van der Waals surface area (Å²) in [5.41, 5.74) is 0. The van der Waals surface area contributed by atoms with E-state index in [1.807, 2.05) is 0 Å². The number of rotatable bonds is 6. The van der Waals surface area contributed by atoms with Crippen molar-refractivity contribution < 1.29 is 0 Å². The van der Waals surface area contributed by atoms with Crippen LogP contribution in [0, 0.1) is 5.41 Å². The summed E-state index contributed by atoms with van der Waals surface area (Å²) in [5, 5.41) is 9.82. The molecular weight excluding hydrogens is 112 g/mol. The molecule has 2 heteroatoms. The molecule has 0 heterocycles. The Hall–Kier alpha value is -0.370. The molecule has 0 saturated carbocycles. The summed E-state index contributed by atoms with van der Waals surface area (Å²) in [6.45, 7) is 3.98. The van der Waals surface area contributed by atoms with E-state index in [-0.39, 0.29) is 0 Å². The second kappa shape index (κ2) is 7.63. The van der Waals surface area contributed by atoms with E-state index in [1.54, 1.807) is 0 Å². The minimum absolute atomic E-state index is 0.726. The van der Waals surface area contributed by atoms with Gasteiger partial charge in [0.25, 0.3) is 0 Å². The van der Waals surface area contributed by atoms with E-state index in [0.717, 1.165) is 13.1 Å². The second-order valence-corrected chi connectivity index (χ2v) is 2.12.